The van der Waals surface area contributed by atoms with Crippen molar-refractivity contribution in [1.82, 2.24) is 14.9 Å². The van der Waals surface area contributed by atoms with Gasteiger partial charge in [-0.15, -0.1) is 0 Å². The first kappa shape index (κ1) is 21.7. The third-order valence-corrected chi connectivity index (χ3v) is 4.93. The summed E-state index contributed by atoms with van der Waals surface area (Å²) < 4.78 is 35.2. The van der Waals surface area contributed by atoms with E-state index in [0.29, 0.717) is 24.4 Å². The van der Waals surface area contributed by atoms with Crippen molar-refractivity contribution < 1.29 is 28.2 Å². The largest absolute Gasteiger partial charge is 0.481 e. The lowest BCUT2D eigenvalue weighted by Crippen LogP contribution is -2.35. The lowest BCUT2D eigenvalue weighted by atomic mass is 9.93. The van der Waals surface area contributed by atoms with E-state index in [9.17, 15) is 23.5 Å². The van der Waals surface area contributed by atoms with Crippen LogP contribution in [0.3, 0.4) is 0 Å². The molecule has 0 saturated heterocycles. The Bertz CT molecular complexity index is 952. The van der Waals surface area contributed by atoms with Crippen LogP contribution in [-0.2, 0) is 22.5 Å². The van der Waals surface area contributed by atoms with Crippen LogP contribution in [0.2, 0.25) is 0 Å². The van der Waals surface area contributed by atoms with Crippen LogP contribution in [0.5, 0.6) is 0 Å². The molecular formula is C21H25F2N3O4. The molecule has 1 aliphatic rings. The van der Waals surface area contributed by atoms with Gasteiger partial charge in [0.1, 0.15) is 11.4 Å². The van der Waals surface area contributed by atoms with Gasteiger partial charge in [0.25, 0.3) is 0 Å². The fourth-order valence-corrected chi connectivity index (χ4v) is 3.70. The number of hydrogen-bond acceptors (Lipinski definition) is 4. The van der Waals surface area contributed by atoms with Crippen molar-refractivity contribution in [3.63, 3.8) is 0 Å². The van der Waals surface area contributed by atoms with Gasteiger partial charge in [0.05, 0.1) is 12.5 Å². The molecule has 3 rings (SSSR count). The van der Waals surface area contributed by atoms with Crippen LogP contribution in [0.4, 0.5) is 13.6 Å². The zero-order chi connectivity index (χ0) is 22.1. The first-order valence-electron chi connectivity index (χ1n) is 9.74. The van der Waals surface area contributed by atoms with Crippen molar-refractivity contribution in [2.24, 2.45) is 0 Å². The van der Waals surface area contributed by atoms with Gasteiger partial charge < -0.3 is 19.7 Å². The second-order valence-corrected chi connectivity index (χ2v) is 8.40. The van der Waals surface area contributed by atoms with Gasteiger partial charge in [0.2, 0.25) is 0 Å². The number of imidazole rings is 1. The Morgan fingerprint density at radius 1 is 1.30 bits per heavy atom. The van der Waals surface area contributed by atoms with Crippen molar-refractivity contribution in [2.75, 3.05) is 0 Å². The number of aromatic nitrogens is 2. The van der Waals surface area contributed by atoms with Gasteiger partial charge >= 0.3 is 12.1 Å². The van der Waals surface area contributed by atoms with Gasteiger partial charge in [-0.1, -0.05) is 12.1 Å². The summed E-state index contributed by atoms with van der Waals surface area (Å²) in [7, 11) is 0. The van der Waals surface area contributed by atoms with Gasteiger partial charge in [-0.3, -0.25) is 4.79 Å². The number of benzene rings is 1. The number of carbonyl (C=O) groups is 2. The molecular weight excluding hydrogens is 396 g/mol. The van der Waals surface area contributed by atoms with Crippen molar-refractivity contribution in [2.45, 2.75) is 64.1 Å². The van der Waals surface area contributed by atoms with Gasteiger partial charge in [0.15, 0.2) is 11.6 Å². The van der Waals surface area contributed by atoms with E-state index in [2.05, 4.69) is 10.3 Å². The molecule has 2 aromatic rings. The Morgan fingerprint density at radius 3 is 2.70 bits per heavy atom. The highest BCUT2D eigenvalue weighted by Gasteiger charge is 2.31. The smallest absolute Gasteiger partial charge is 0.408 e. The second kappa shape index (κ2) is 8.41. The number of nitrogens with zero attached hydrogens (tertiary/aromatic N) is 2. The number of rotatable bonds is 4. The minimum Gasteiger partial charge on any atom is -0.481 e. The highest BCUT2D eigenvalue weighted by molar-refractivity contribution is 5.70. The van der Waals surface area contributed by atoms with E-state index in [1.807, 2.05) is 0 Å². The van der Waals surface area contributed by atoms with Crippen molar-refractivity contribution >= 4 is 12.1 Å². The lowest BCUT2D eigenvalue weighted by Gasteiger charge is -2.23. The number of hydrogen-bond donors (Lipinski definition) is 2. The molecule has 2 N–H and O–H groups in total. The predicted molar refractivity (Wildman–Crippen MR) is 104 cm³/mol. The fourth-order valence-electron chi connectivity index (χ4n) is 3.70. The Balaban J connectivity index is 1.94. The topological polar surface area (TPSA) is 93.5 Å². The highest BCUT2D eigenvalue weighted by Crippen LogP contribution is 2.35. The van der Waals surface area contributed by atoms with E-state index in [1.165, 1.54) is 18.3 Å². The standard InChI is InChI=1S/C21H25F2N3O4/c1-21(2,3)30-20(29)25-16-8-7-12(14-5-4-6-15(22)18(14)23)11-26-13(9-17(27)28)10-24-19(16)26/h4-6,10,12,16H,7-9,11H2,1-3H3,(H,25,29)(H,27,28)/t12-,16-/m1/s1. The molecule has 1 aromatic carbocycles. The number of amides is 1. The summed E-state index contributed by atoms with van der Waals surface area (Å²) in [4.78, 5) is 27.9. The number of carboxylic acid groups (broad SMARTS) is 1. The number of aliphatic carboxylic acids is 1. The third-order valence-electron chi connectivity index (χ3n) is 4.93. The zero-order valence-electron chi connectivity index (χ0n) is 17.1. The van der Waals surface area contributed by atoms with E-state index in [-0.39, 0.29) is 18.5 Å². The van der Waals surface area contributed by atoms with Crippen molar-refractivity contribution in [3.8, 4) is 0 Å². The highest BCUT2D eigenvalue weighted by atomic mass is 19.2. The van der Waals surface area contributed by atoms with Crippen LogP contribution < -0.4 is 5.32 Å². The summed E-state index contributed by atoms with van der Waals surface area (Å²) in [6.45, 7) is 5.46. The number of nitrogens with one attached hydrogen (secondary N) is 1. The van der Waals surface area contributed by atoms with Crippen LogP contribution in [0, 0.1) is 11.6 Å². The maximum Gasteiger partial charge on any atom is 0.408 e. The summed E-state index contributed by atoms with van der Waals surface area (Å²) in [5.41, 5.74) is -0.0441. The van der Waals surface area contributed by atoms with E-state index >= 15 is 0 Å². The molecule has 9 heteroatoms. The molecule has 0 aliphatic carbocycles. The van der Waals surface area contributed by atoms with Gasteiger partial charge in [-0.25, -0.2) is 18.6 Å². The third kappa shape index (κ3) is 4.95. The average Bonchev–Trinajstić information content (AvgIpc) is 2.90. The minimum absolute atomic E-state index is 0.217. The molecule has 1 amide bonds. The molecule has 2 atom stereocenters. The van der Waals surface area contributed by atoms with E-state index in [4.69, 9.17) is 4.74 Å². The minimum atomic E-state index is -1.04. The molecule has 0 radical (unpaired) electrons. The molecule has 0 saturated carbocycles. The van der Waals surface area contributed by atoms with E-state index < -0.39 is 41.3 Å². The Labute approximate surface area is 173 Å². The molecule has 0 fully saturated rings. The molecule has 2 heterocycles. The van der Waals surface area contributed by atoms with E-state index in [1.54, 1.807) is 25.3 Å². The average molecular weight is 421 g/mol. The maximum atomic E-state index is 14.4. The van der Waals surface area contributed by atoms with Crippen LogP contribution >= 0.6 is 0 Å². The number of carbonyl (C=O) groups excluding carboxylic acids is 1. The number of halogens is 2. The lowest BCUT2D eigenvalue weighted by molar-refractivity contribution is -0.136. The number of ether oxygens (including phenoxy) is 1. The predicted octanol–water partition coefficient (Wildman–Crippen LogP) is 3.93. The fraction of sp³-hybridized carbons (Fsp3) is 0.476. The number of alkyl carbamates (subject to hydrolysis) is 1. The first-order valence-corrected chi connectivity index (χ1v) is 9.74. The molecule has 0 spiro atoms. The molecule has 7 nitrogen and oxygen atoms in total. The molecule has 0 unspecified atom stereocenters. The van der Waals surface area contributed by atoms with Crippen LogP contribution in [0.1, 0.15) is 62.7 Å². The van der Waals surface area contributed by atoms with Crippen molar-refractivity contribution in [1.29, 1.82) is 0 Å². The molecule has 30 heavy (non-hydrogen) atoms. The SMILES string of the molecule is CC(C)(C)OC(=O)N[C@@H]1CC[C@@H](c2cccc(F)c2F)Cn2c(CC(=O)O)cnc21. The first-order chi connectivity index (χ1) is 14.0. The number of fused-ring (bicyclic) bond motifs is 1. The molecule has 1 aromatic heterocycles. The second-order valence-electron chi connectivity index (χ2n) is 8.40. The monoisotopic (exact) mass is 421 g/mol. The van der Waals surface area contributed by atoms with E-state index in [0.717, 1.165) is 6.07 Å². The quantitative estimate of drug-likeness (QED) is 0.780. The van der Waals surface area contributed by atoms with Gasteiger partial charge in [-0.2, -0.15) is 0 Å². The van der Waals surface area contributed by atoms with Crippen LogP contribution in [0.15, 0.2) is 24.4 Å². The summed E-state index contributed by atoms with van der Waals surface area (Å²) in [6, 6.07) is 3.48. The summed E-state index contributed by atoms with van der Waals surface area (Å²) >= 11 is 0. The normalized spacial score (nSPS) is 19.0. The summed E-state index contributed by atoms with van der Waals surface area (Å²) in [6.07, 6.45) is 1.39. The van der Waals surface area contributed by atoms with Gasteiger partial charge in [-0.05, 0) is 45.2 Å². The van der Waals surface area contributed by atoms with Gasteiger partial charge in [0, 0.05) is 24.4 Å². The Kier molecular flexibility index (Phi) is 6.09. The summed E-state index contributed by atoms with van der Waals surface area (Å²) in [5, 5.41) is 12.0. The molecule has 0 bridgehead atoms. The zero-order valence-corrected chi connectivity index (χ0v) is 17.1. The number of carboxylic acids is 1. The molecule has 162 valence electrons. The summed E-state index contributed by atoms with van der Waals surface area (Å²) in [5.74, 6) is -2.82. The Hall–Kier alpha value is -2.97. The maximum absolute atomic E-state index is 14.4. The van der Waals surface area contributed by atoms with Crippen LogP contribution in [-0.4, -0.2) is 32.3 Å². The van der Waals surface area contributed by atoms with Crippen LogP contribution in [0.25, 0.3) is 0 Å². The Morgan fingerprint density at radius 2 is 2.03 bits per heavy atom. The molecule has 1 aliphatic heterocycles. The van der Waals surface area contributed by atoms with Crippen molar-refractivity contribution in [3.05, 3.63) is 53.1 Å².